The van der Waals surface area contributed by atoms with Gasteiger partial charge in [0.25, 0.3) is 5.91 Å². The molecule has 21 heavy (non-hydrogen) atoms. The van der Waals surface area contributed by atoms with E-state index in [1.54, 1.807) is 24.0 Å². The fraction of sp³-hybridized carbons (Fsp3) is 0.600. The van der Waals surface area contributed by atoms with Gasteiger partial charge in [-0.2, -0.15) is 11.8 Å². The number of hydrogen-bond acceptors (Lipinski definition) is 4. The van der Waals surface area contributed by atoms with Crippen molar-refractivity contribution >= 4 is 35.1 Å². The van der Waals surface area contributed by atoms with Crippen LogP contribution in [0, 0.1) is 0 Å². The Hall–Kier alpha value is -0.940. The van der Waals surface area contributed by atoms with E-state index in [2.05, 4.69) is 35.7 Å². The number of nitrogens with zero attached hydrogens (tertiary/aromatic N) is 1. The maximum Gasteiger partial charge on any atom is 0.252 e. The van der Waals surface area contributed by atoms with Gasteiger partial charge in [0.2, 0.25) is 0 Å². The fourth-order valence-electron chi connectivity index (χ4n) is 2.06. The molecule has 6 heteroatoms. The Bertz CT molecular complexity index is 470. The third-order valence-corrected chi connectivity index (χ3v) is 5.62. The summed E-state index contributed by atoms with van der Waals surface area (Å²) in [4.78, 5) is 16.4. The lowest BCUT2D eigenvalue weighted by Crippen LogP contribution is -2.39. The minimum atomic E-state index is -0.132. The van der Waals surface area contributed by atoms with Crippen molar-refractivity contribution in [3.8, 4) is 0 Å². The Morgan fingerprint density at radius 3 is 2.52 bits per heavy atom. The molecule has 0 saturated carbocycles. The smallest absolute Gasteiger partial charge is 0.252 e. The summed E-state index contributed by atoms with van der Waals surface area (Å²) in [7, 11) is 0. The van der Waals surface area contributed by atoms with Crippen LogP contribution in [0.25, 0.3) is 0 Å². The van der Waals surface area contributed by atoms with Crippen LogP contribution in [0.1, 0.15) is 44.0 Å². The van der Waals surface area contributed by atoms with Crippen LogP contribution in [-0.4, -0.2) is 35.0 Å². The zero-order valence-electron chi connectivity index (χ0n) is 13.1. The van der Waals surface area contributed by atoms with E-state index in [4.69, 9.17) is 11.6 Å². The highest BCUT2D eigenvalue weighted by Gasteiger charge is 2.25. The summed E-state index contributed by atoms with van der Waals surface area (Å²) in [6.07, 6.45) is 5.67. The number of halogens is 1. The summed E-state index contributed by atoms with van der Waals surface area (Å²) in [5.74, 6) is 0.476. The predicted octanol–water partition coefficient (Wildman–Crippen LogP) is 3.82. The zero-order valence-corrected chi connectivity index (χ0v) is 14.7. The van der Waals surface area contributed by atoms with Crippen LogP contribution in [-0.2, 0) is 0 Å². The number of pyridine rings is 1. The van der Waals surface area contributed by atoms with Crippen molar-refractivity contribution in [2.75, 3.05) is 24.7 Å². The quantitative estimate of drug-likeness (QED) is 0.761. The summed E-state index contributed by atoms with van der Waals surface area (Å²) < 4.78 is 0.0938. The molecular formula is C15H24ClN3OS. The summed E-state index contributed by atoms with van der Waals surface area (Å²) in [6, 6.07) is 1.65. The molecule has 0 saturated heterocycles. The van der Waals surface area contributed by atoms with Crippen molar-refractivity contribution in [3.63, 3.8) is 0 Å². The topological polar surface area (TPSA) is 54.0 Å². The Balaban J connectivity index is 2.74. The van der Waals surface area contributed by atoms with Gasteiger partial charge >= 0.3 is 0 Å². The number of hydrogen-bond donors (Lipinski definition) is 2. The SMILES string of the molecule is CCNc1ncc(C(=O)NCC(CC)(CC)SC)cc1Cl. The first-order valence-corrected chi connectivity index (χ1v) is 8.85. The summed E-state index contributed by atoms with van der Waals surface area (Å²) >= 11 is 7.92. The first-order valence-electron chi connectivity index (χ1n) is 7.24. The molecule has 1 heterocycles. The van der Waals surface area contributed by atoms with Crippen molar-refractivity contribution in [2.45, 2.75) is 38.4 Å². The summed E-state index contributed by atoms with van der Waals surface area (Å²) in [6.45, 7) is 7.65. The number of carbonyl (C=O) groups is 1. The van der Waals surface area contributed by atoms with Crippen LogP contribution < -0.4 is 10.6 Å². The molecule has 118 valence electrons. The number of nitrogens with one attached hydrogen (secondary N) is 2. The number of rotatable bonds is 8. The average molecular weight is 330 g/mol. The van der Waals surface area contributed by atoms with Crippen LogP contribution in [0.2, 0.25) is 5.02 Å². The van der Waals surface area contributed by atoms with Crippen LogP contribution in [0.5, 0.6) is 0 Å². The van der Waals surface area contributed by atoms with Gasteiger partial charge < -0.3 is 10.6 Å². The number of anilines is 1. The molecule has 0 fully saturated rings. The van der Waals surface area contributed by atoms with Crippen molar-refractivity contribution < 1.29 is 4.79 Å². The molecule has 0 aliphatic carbocycles. The van der Waals surface area contributed by atoms with Gasteiger partial charge in [0, 0.05) is 24.0 Å². The van der Waals surface area contributed by atoms with E-state index in [1.165, 1.54) is 0 Å². The minimum Gasteiger partial charge on any atom is -0.369 e. The van der Waals surface area contributed by atoms with Crippen molar-refractivity contribution in [2.24, 2.45) is 0 Å². The average Bonchev–Trinajstić information content (AvgIpc) is 2.51. The molecular weight excluding hydrogens is 306 g/mol. The Morgan fingerprint density at radius 2 is 2.05 bits per heavy atom. The summed E-state index contributed by atoms with van der Waals surface area (Å²) in [5, 5.41) is 6.50. The summed E-state index contributed by atoms with van der Waals surface area (Å²) in [5.41, 5.74) is 0.490. The largest absolute Gasteiger partial charge is 0.369 e. The molecule has 0 spiro atoms. The second-order valence-electron chi connectivity index (χ2n) is 4.86. The van der Waals surface area contributed by atoms with E-state index >= 15 is 0 Å². The molecule has 1 aromatic rings. The molecule has 2 N–H and O–H groups in total. The standard InChI is InChI=1S/C15H24ClN3OS/c1-5-15(6-2,21-4)10-19-14(20)11-8-12(16)13(17-7-3)18-9-11/h8-9H,5-7,10H2,1-4H3,(H,17,18)(H,19,20). The highest BCUT2D eigenvalue weighted by atomic mass is 35.5. The number of aromatic nitrogens is 1. The van der Waals surface area contributed by atoms with Gasteiger partial charge in [0.05, 0.1) is 10.6 Å². The molecule has 0 aliphatic rings. The molecule has 0 unspecified atom stereocenters. The maximum atomic E-state index is 12.2. The normalized spacial score (nSPS) is 11.3. The van der Waals surface area contributed by atoms with Crippen LogP contribution in [0.15, 0.2) is 12.3 Å². The van der Waals surface area contributed by atoms with Crippen LogP contribution in [0.3, 0.4) is 0 Å². The molecule has 0 atom stereocenters. The zero-order chi connectivity index (χ0) is 15.9. The van der Waals surface area contributed by atoms with Gasteiger partial charge in [-0.1, -0.05) is 25.4 Å². The number of amides is 1. The first kappa shape index (κ1) is 18.1. The lowest BCUT2D eigenvalue weighted by atomic mass is 10.0. The highest BCUT2D eigenvalue weighted by molar-refractivity contribution is 8.00. The van der Waals surface area contributed by atoms with E-state index in [0.717, 1.165) is 19.4 Å². The fourth-order valence-corrected chi connectivity index (χ4v) is 3.09. The second kappa shape index (κ2) is 8.49. The van der Waals surface area contributed by atoms with Crippen LogP contribution in [0.4, 0.5) is 5.82 Å². The van der Waals surface area contributed by atoms with Gasteiger partial charge in [-0.3, -0.25) is 4.79 Å². The third-order valence-electron chi connectivity index (χ3n) is 3.74. The van der Waals surface area contributed by atoms with E-state index in [9.17, 15) is 4.79 Å². The minimum absolute atomic E-state index is 0.0938. The van der Waals surface area contributed by atoms with Gasteiger partial charge in [0.1, 0.15) is 5.82 Å². The van der Waals surface area contributed by atoms with E-state index < -0.39 is 0 Å². The molecule has 0 aliphatic heterocycles. The number of thioether (sulfide) groups is 1. The molecule has 0 bridgehead atoms. The lowest BCUT2D eigenvalue weighted by Gasteiger charge is -2.29. The molecule has 4 nitrogen and oxygen atoms in total. The van der Waals surface area contributed by atoms with Crippen molar-refractivity contribution in [3.05, 3.63) is 22.8 Å². The second-order valence-corrected chi connectivity index (χ2v) is 6.54. The van der Waals surface area contributed by atoms with E-state index in [0.29, 0.717) is 22.9 Å². The van der Waals surface area contributed by atoms with Crippen molar-refractivity contribution in [1.29, 1.82) is 0 Å². The Labute approximate surface area is 136 Å². The van der Waals surface area contributed by atoms with Gasteiger partial charge in [-0.05, 0) is 32.1 Å². The first-order chi connectivity index (χ1) is 10.0. The van der Waals surface area contributed by atoms with Gasteiger partial charge in [-0.15, -0.1) is 0 Å². The molecule has 1 aromatic heterocycles. The third kappa shape index (κ3) is 4.78. The van der Waals surface area contributed by atoms with E-state index in [1.807, 2.05) is 6.92 Å². The Kier molecular flexibility index (Phi) is 7.32. The predicted molar refractivity (Wildman–Crippen MR) is 92.6 cm³/mol. The van der Waals surface area contributed by atoms with Crippen LogP contribution >= 0.6 is 23.4 Å². The molecule has 1 rings (SSSR count). The van der Waals surface area contributed by atoms with E-state index in [-0.39, 0.29) is 10.7 Å². The maximum absolute atomic E-state index is 12.2. The molecule has 0 radical (unpaired) electrons. The molecule has 1 amide bonds. The highest BCUT2D eigenvalue weighted by Crippen LogP contribution is 2.29. The monoisotopic (exact) mass is 329 g/mol. The van der Waals surface area contributed by atoms with Gasteiger partial charge in [0.15, 0.2) is 0 Å². The van der Waals surface area contributed by atoms with Crippen molar-refractivity contribution in [1.82, 2.24) is 10.3 Å². The number of carbonyl (C=O) groups excluding carboxylic acids is 1. The lowest BCUT2D eigenvalue weighted by molar-refractivity contribution is 0.0948. The Morgan fingerprint density at radius 1 is 1.38 bits per heavy atom. The molecule has 0 aromatic carbocycles. The van der Waals surface area contributed by atoms with Gasteiger partial charge in [-0.25, -0.2) is 4.98 Å².